The Balaban J connectivity index is 1.38. The molecule has 6 rings (SSSR count). The number of hydrogen-bond acceptors (Lipinski definition) is 7. The van der Waals surface area contributed by atoms with E-state index in [0.29, 0.717) is 39.4 Å². The lowest BCUT2D eigenvalue weighted by Gasteiger charge is -2.31. The molecule has 0 saturated heterocycles. The molecule has 1 aliphatic rings. The van der Waals surface area contributed by atoms with E-state index >= 15 is 0 Å². The molecule has 2 heterocycles. The SMILES string of the molecule is COc1ccc(/C=C/c2nc(-c3ccccc3O)n(CC(=O)N3c4ccccc4Sc4ccc(Cl)cc43)n2)cc1OC. The van der Waals surface area contributed by atoms with E-state index in [0.717, 1.165) is 21.0 Å². The third-order valence-corrected chi connectivity index (χ3v) is 8.05. The van der Waals surface area contributed by atoms with Gasteiger partial charge in [-0.15, -0.1) is 0 Å². The van der Waals surface area contributed by atoms with Crippen molar-refractivity contribution in [1.82, 2.24) is 14.8 Å². The van der Waals surface area contributed by atoms with Crippen LogP contribution in [0.2, 0.25) is 5.02 Å². The lowest BCUT2D eigenvalue weighted by atomic mass is 10.2. The van der Waals surface area contributed by atoms with E-state index in [2.05, 4.69) is 10.1 Å². The van der Waals surface area contributed by atoms with Crippen LogP contribution < -0.4 is 14.4 Å². The fourth-order valence-corrected chi connectivity index (χ4v) is 5.93. The van der Waals surface area contributed by atoms with Crippen molar-refractivity contribution in [1.29, 1.82) is 0 Å². The fraction of sp³-hybridized carbons (Fsp3) is 0.0938. The molecule has 0 unspecified atom stereocenters. The molecule has 42 heavy (non-hydrogen) atoms. The third kappa shape index (κ3) is 5.32. The Morgan fingerprint density at radius 3 is 2.48 bits per heavy atom. The molecule has 0 bridgehead atoms. The highest BCUT2D eigenvalue weighted by Gasteiger charge is 2.29. The molecular weight excluding hydrogens is 572 g/mol. The van der Waals surface area contributed by atoms with Gasteiger partial charge >= 0.3 is 0 Å². The number of ether oxygens (including phenoxy) is 2. The highest BCUT2D eigenvalue weighted by atomic mass is 35.5. The summed E-state index contributed by atoms with van der Waals surface area (Å²) in [5, 5.41) is 15.8. The smallest absolute Gasteiger partial charge is 0.253 e. The number of methoxy groups -OCH3 is 2. The molecule has 10 heteroatoms. The molecule has 210 valence electrons. The van der Waals surface area contributed by atoms with Crippen molar-refractivity contribution in [2.75, 3.05) is 19.1 Å². The maximum absolute atomic E-state index is 14.1. The molecule has 1 amide bonds. The topological polar surface area (TPSA) is 89.7 Å². The van der Waals surface area contributed by atoms with Crippen LogP contribution in [0.15, 0.2) is 94.7 Å². The number of aromatic nitrogens is 3. The minimum absolute atomic E-state index is 0.0332. The molecule has 1 aromatic heterocycles. The van der Waals surface area contributed by atoms with Gasteiger partial charge in [0.15, 0.2) is 23.1 Å². The number of rotatable bonds is 7. The van der Waals surface area contributed by atoms with Crippen LogP contribution in [0.3, 0.4) is 0 Å². The van der Waals surface area contributed by atoms with Crippen LogP contribution in [0.1, 0.15) is 11.4 Å². The van der Waals surface area contributed by atoms with Crippen molar-refractivity contribution in [3.8, 4) is 28.6 Å². The van der Waals surface area contributed by atoms with E-state index in [9.17, 15) is 9.90 Å². The molecule has 4 aromatic carbocycles. The number of halogens is 1. The van der Waals surface area contributed by atoms with Gasteiger partial charge in [0.2, 0.25) is 0 Å². The fourth-order valence-electron chi connectivity index (χ4n) is 4.73. The molecule has 0 saturated carbocycles. The molecule has 1 N–H and O–H groups in total. The standard InChI is InChI=1S/C32H25ClN4O4S/c1-40-26-14-11-20(17-27(26)41-2)12-16-30-34-32(22-7-3-5-9-25(22)38)36(35-30)19-31(39)37-23-8-4-6-10-28(23)42-29-15-13-21(33)18-24(29)37/h3-18,38H,19H2,1-2H3/b16-12+. The average Bonchev–Trinajstić information content (AvgIpc) is 3.40. The van der Waals surface area contributed by atoms with Crippen LogP contribution in [-0.2, 0) is 11.3 Å². The van der Waals surface area contributed by atoms with E-state index in [4.69, 9.17) is 21.1 Å². The second kappa shape index (κ2) is 11.6. The third-order valence-electron chi connectivity index (χ3n) is 6.69. The number of carbonyl (C=O) groups excluding carboxylic acids is 1. The summed E-state index contributed by atoms with van der Waals surface area (Å²) in [5.41, 5.74) is 2.77. The molecule has 8 nitrogen and oxygen atoms in total. The van der Waals surface area contributed by atoms with Gasteiger partial charge in [-0.1, -0.05) is 59.8 Å². The number of hydrogen-bond donors (Lipinski definition) is 1. The molecule has 0 fully saturated rings. The zero-order valence-electron chi connectivity index (χ0n) is 22.7. The zero-order chi connectivity index (χ0) is 29.2. The van der Waals surface area contributed by atoms with Crippen molar-refractivity contribution >= 4 is 52.8 Å². The van der Waals surface area contributed by atoms with Crippen LogP contribution in [0, 0.1) is 0 Å². The zero-order valence-corrected chi connectivity index (χ0v) is 24.3. The molecule has 0 aliphatic carbocycles. The number of carbonyl (C=O) groups is 1. The second-order valence-corrected chi connectivity index (χ2v) is 10.8. The van der Waals surface area contributed by atoms with Crippen LogP contribution >= 0.6 is 23.4 Å². The lowest BCUT2D eigenvalue weighted by molar-refractivity contribution is -0.118. The largest absolute Gasteiger partial charge is 0.507 e. The molecule has 0 radical (unpaired) electrons. The first-order chi connectivity index (χ1) is 20.4. The van der Waals surface area contributed by atoms with Gasteiger partial charge < -0.3 is 14.6 Å². The number of aromatic hydroxyl groups is 1. The van der Waals surface area contributed by atoms with Gasteiger partial charge in [0, 0.05) is 14.8 Å². The summed E-state index contributed by atoms with van der Waals surface area (Å²) < 4.78 is 12.2. The first-order valence-corrected chi connectivity index (χ1v) is 14.2. The number of amides is 1. The van der Waals surface area contributed by atoms with Gasteiger partial charge in [0.1, 0.15) is 12.3 Å². The van der Waals surface area contributed by atoms with Gasteiger partial charge in [-0.3, -0.25) is 9.69 Å². The van der Waals surface area contributed by atoms with Crippen LogP contribution in [0.4, 0.5) is 11.4 Å². The number of para-hydroxylation sites is 2. The molecule has 5 aromatic rings. The monoisotopic (exact) mass is 596 g/mol. The number of anilines is 2. The van der Waals surface area contributed by atoms with Gasteiger partial charge in [-0.05, 0) is 66.2 Å². The van der Waals surface area contributed by atoms with Gasteiger partial charge in [0.05, 0.1) is 31.2 Å². The van der Waals surface area contributed by atoms with E-state index in [1.54, 1.807) is 67.3 Å². The molecular formula is C32H25ClN4O4S. The van der Waals surface area contributed by atoms with E-state index < -0.39 is 0 Å². The lowest BCUT2D eigenvalue weighted by Crippen LogP contribution is -2.32. The highest BCUT2D eigenvalue weighted by molar-refractivity contribution is 7.99. The van der Waals surface area contributed by atoms with E-state index in [-0.39, 0.29) is 18.2 Å². The number of phenols is 1. The summed E-state index contributed by atoms with van der Waals surface area (Å²) in [5.74, 6) is 1.75. The number of fused-ring (bicyclic) bond motifs is 2. The van der Waals surface area contributed by atoms with E-state index in [1.807, 2.05) is 60.7 Å². The maximum atomic E-state index is 14.1. The Kier molecular flexibility index (Phi) is 7.60. The number of nitrogens with zero attached hydrogens (tertiary/aromatic N) is 4. The van der Waals surface area contributed by atoms with Crippen LogP contribution in [-0.4, -0.2) is 40.0 Å². The molecule has 1 aliphatic heterocycles. The summed E-state index contributed by atoms with van der Waals surface area (Å²) in [6.45, 7) is -0.133. The molecule has 0 atom stereocenters. The van der Waals surface area contributed by atoms with Gasteiger partial charge in [-0.2, -0.15) is 5.10 Å². The molecule has 0 spiro atoms. The quantitative estimate of drug-likeness (QED) is 0.210. The van der Waals surface area contributed by atoms with Crippen LogP contribution in [0.25, 0.3) is 23.5 Å². The first kappa shape index (κ1) is 27.4. The minimum atomic E-state index is -0.233. The minimum Gasteiger partial charge on any atom is -0.507 e. The predicted molar refractivity (Wildman–Crippen MR) is 165 cm³/mol. The van der Waals surface area contributed by atoms with Gasteiger partial charge in [0.25, 0.3) is 5.91 Å². The summed E-state index contributed by atoms with van der Waals surface area (Å²) in [7, 11) is 3.16. The Morgan fingerprint density at radius 2 is 1.67 bits per heavy atom. The van der Waals surface area contributed by atoms with Crippen molar-refractivity contribution in [2.24, 2.45) is 0 Å². The second-order valence-electron chi connectivity index (χ2n) is 9.33. The number of benzene rings is 4. The normalized spacial score (nSPS) is 12.2. The van der Waals surface area contributed by atoms with Gasteiger partial charge in [-0.25, -0.2) is 9.67 Å². The predicted octanol–water partition coefficient (Wildman–Crippen LogP) is 7.32. The summed E-state index contributed by atoms with van der Waals surface area (Å²) in [6.07, 6.45) is 3.59. The van der Waals surface area contributed by atoms with Crippen molar-refractivity contribution in [3.05, 3.63) is 101 Å². The summed E-state index contributed by atoms with van der Waals surface area (Å²) in [6, 6.07) is 25.6. The van der Waals surface area contributed by atoms with Crippen molar-refractivity contribution < 1.29 is 19.4 Å². The number of phenolic OH excluding ortho intramolecular Hbond substituents is 1. The maximum Gasteiger partial charge on any atom is 0.253 e. The van der Waals surface area contributed by atoms with Crippen molar-refractivity contribution in [3.63, 3.8) is 0 Å². The van der Waals surface area contributed by atoms with E-state index in [1.165, 1.54) is 4.68 Å². The van der Waals surface area contributed by atoms with Crippen LogP contribution in [0.5, 0.6) is 17.2 Å². The summed E-state index contributed by atoms with van der Waals surface area (Å²) >= 11 is 7.94. The Hall–Kier alpha value is -4.73. The highest BCUT2D eigenvalue weighted by Crippen LogP contribution is 2.49. The Labute approximate surface area is 251 Å². The van der Waals surface area contributed by atoms with Crippen molar-refractivity contribution in [2.45, 2.75) is 16.3 Å². The average molecular weight is 597 g/mol. The Morgan fingerprint density at radius 1 is 0.905 bits per heavy atom. The Bertz CT molecular complexity index is 1840. The summed E-state index contributed by atoms with van der Waals surface area (Å²) in [4.78, 5) is 22.3. The first-order valence-electron chi connectivity index (χ1n) is 13.0.